The third-order valence-electron chi connectivity index (χ3n) is 3.04. The number of aliphatic hydroxyl groups is 3. The molecule has 2 heterocycles. The van der Waals surface area contributed by atoms with E-state index in [4.69, 9.17) is 10.3 Å². The Morgan fingerprint density at radius 1 is 1.67 bits per heavy atom. The molecule has 0 amide bonds. The number of aromatic amines is 1. The molecule has 21 heavy (non-hydrogen) atoms. The number of hydrogen-bond acceptors (Lipinski definition) is 7. The van der Waals surface area contributed by atoms with Gasteiger partial charge in [-0.3, -0.25) is 9.55 Å². The average molecular weight is 319 g/mol. The van der Waals surface area contributed by atoms with Crippen LogP contribution in [0.2, 0.25) is 0 Å². The van der Waals surface area contributed by atoms with Gasteiger partial charge in [0.2, 0.25) is 5.72 Å². The van der Waals surface area contributed by atoms with Crippen LogP contribution in [0, 0.1) is 10.5 Å². The predicted molar refractivity (Wildman–Crippen MR) is 66.9 cm³/mol. The van der Waals surface area contributed by atoms with Gasteiger partial charge in [0, 0.05) is 4.91 Å². The van der Waals surface area contributed by atoms with Crippen molar-refractivity contribution in [2.45, 2.75) is 24.2 Å². The van der Waals surface area contributed by atoms with Crippen LogP contribution in [0.1, 0.15) is 6.23 Å². The molecule has 1 aliphatic rings. The van der Waals surface area contributed by atoms with Gasteiger partial charge in [0.05, 0.1) is 12.8 Å². The van der Waals surface area contributed by atoms with E-state index in [2.05, 4.69) is 22.2 Å². The third-order valence-corrected chi connectivity index (χ3v) is 3.34. The average Bonchev–Trinajstić information content (AvgIpc) is 2.69. The molecule has 0 bridgehead atoms. The minimum absolute atomic E-state index is 0.437. The molecule has 2 rings (SSSR count). The first kappa shape index (κ1) is 15.6. The number of halogens is 1. The second-order valence-electron chi connectivity index (χ2n) is 4.28. The number of nitrogens with zero attached hydrogens (tertiary/aromatic N) is 4. The Balaban J connectivity index is 2.52. The summed E-state index contributed by atoms with van der Waals surface area (Å²) in [5.41, 5.74) is 5.36. The number of aliphatic hydroxyl groups excluding tert-OH is 3. The number of ether oxygens (including phenoxy) is 1. The summed E-state index contributed by atoms with van der Waals surface area (Å²) in [6.45, 7) is -0.953. The second kappa shape index (κ2) is 5.52. The van der Waals surface area contributed by atoms with Crippen molar-refractivity contribution in [3.8, 4) is 0 Å². The number of nitrogens with one attached hydrogen (secondary N) is 1. The zero-order valence-corrected chi connectivity index (χ0v) is 11.1. The molecule has 4 atom stereocenters. The Bertz CT molecular complexity index is 715. The number of H-pyrrole nitrogens is 1. The van der Waals surface area contributed by atoms with Crippen LogP contribution in [0.4, 0.5) is 4.39 Å². The molecular formula is C9H10FN5O5S. The molecule has 1 aromatic heterocycles. The highest BCUT2D eigenvalue weighted by atomic mass is 32.1. The van der Waals surface area contributed by atoms with Crippen LogP contribution in [-0.2, 0) is 4.74 Å². The summed E-state index contributed by atoms with van der Waals surface area (Å²) in [4.78, 5) is 16.1. The number of hydrogen-bond donors (Lipinski definition) is 4. The lowest BCUT2D eigenvalue weighted by Crippen LogP contribution is -2.44. The minimum atomic E-state index is -2.18. The molecule has 1 aromatic rings. The Kier molecular flexibility index (Phi) is 4.09. The first-order valence-electron chi connectivity index (χ1n) is 5.58. The Morgan fingerprint density at radius 3 is 2.90 bits per heavy atom. The van der Waals surface area contributed by atoms with E-state index in [0.717, 1.165) is 0 Å². The lowest BCUT2D eigenvalue weighted by Gasteiger charge is -2.23. The van der Waals surface area contributed by atoms with Gasteiger partial charge < -0.3 is 20.1 Å². The van der Waals surface area contributed by atoms with Gasteiger partial charge in [-0.25, -0.2) is 9.18 Å². The summed E-state index contributed by atoms with van der Waals surface area (Å²) in [5, 5.41) is 32.1. The van der Waals surface area contributed by atoms with Crippen molar-refractivity contribution in [2.24, 2.45) is 5.11 Å². The molecule has 0 saturated carbocycles. The Labute approximate surface area is 120 Å². The molecule has 4 N–H and O–H groups in total. The van der Waals surface area contributed by atoms with Crippen molar-refractivity contribution in [1.82, 2.24) is 9.55 Å². The summed E-state index contributed by atoms with van der Waals surface area (Å²) in [6, 6.07) is 0. The molecule has 12 heteroatoms. The molecule has 114 valence electrons. The van der Waals surface area contributed by atoms with Crippen molar-refractivity contribution in [2.75, 3.05) is 6.61 Å². The van der Waals surface area contributed by atoms with Gasteiger partial charge in [0.15, 0.2) is 12.0 Å². The van der Waals surface area contributed by atoms with E-state index in [1.54, 1.807) is 0 Å². The molecule has 1 aliphatic heterocycles. The first-order chi connectivity index (χ1) is 9.86. The highest BCUT2D eigenvalue weighted by molar-refractivity contribution is 7.71. The molecule has 0 spiro atoms. The third kappa shape index (κ3) is 2.44. The molecule has 0 aliphatic carbocycles. The summed E-state index contributed by atoms with van der Waals surface area (Å²) < 4.78 is 18.7. The second-order valence-corrected chi connectivity index (χ2v) is 4.69. The van der Waals surface area contributed by atoms with Crippen molar-refractivity contribution in [3.63, 3.8) is 0 Å². The summed E-state index contributed by atoms with van der Waals surface area (Å²) in [6.07, 6.45) is -4.47. The number of aromatic nitrogens is 2. The minimum Gasteiger partial charge on any atom is -0.393 e. The van der Waals surface area contributed by atoms with Gasteiger partial charge in [-0.2, -0.15) is 0 Å². The van der Waals surface area contributed by atoms with E-state index >= 15 is 0 Å². The van der Waals surface area contributed by atoms with E-state index in [9.17, 15) is 24.5 Å². The monoisotopic (exact) mass is 319 g/mol. The molecule has 0 aromatic carbocycles. The highest BCUT2D eigenvalue weighted by Crippen LogP contribution is 2.37. The van der Waals surface area contributed by atoms with Gasteiger partial charge in [-0.1, -0.05) is 17.3 Å². The van der Waals surface area contributed by atoms with Gasteiger partial charge in [0.1, 0.15) is 16.8 Å². The molecule has 1 saturated heterocycles. The lowest BCUT2D eigenvalue weighted by molar-refractivity contribution is -0.125. The quantitative estimate of drug-likeness (QED) is 0.249. The summed E-state index contributed by atoms with van der Waals surface area (Å²) in [5.74, 6) is -0.958. The van der Waals surface area contributed by atoms with Gasteiger partial charge in [0.25, 0.3) is 0 Å². The maximum Gasteiger partial charge on any atom is 0.328 e. The number of azide groups is 1. The fraction of sp³-hybridized carbons (Fsp3) is 0.556. The summed E-state index contributed by atoms with van der Waals surface area (Å²) in [7, 11) is 0. The molecule has 1 unspecified atom stereocenters. The van der Waals surface area contributed by atoms with Crippen LogP contribution in [0.3, 0.4) is 0 Å². The Morgan fingerprint density at radius 2 is 2.33 bits per heavy atom. The number of rotatable bonds is 3. The SMILES string of the molecule is [N-]=[N+]=N[C@]1(CO)O[C@@H](n2cc(F)c(=S)[nH]c2=O)[C@@H](O)C1O. The van der Waals surface area contributed by atoms with E-state index in [1.165, 1.54) is 0 Å². The smallest absolute Gasteiger partial charge is 0.328 e. The van der Waals surface area contributed by atoms with Gasteiger partial charge >= 0.3 is 5.69 Å². The molecular weight excluding hydrogens is 309 g/mol. The van der Waals surface area contributed by atoms with Crippen LogP contribution >= 0.6 is 12.2 Å². The zero-order chi connectivity index (χ0) is 15.8. The van der Waals surface area contributed by atoms with Gasteiger partial charge in [-0.15, -0.1) is 0 Å². The van der Waals surface area contributed by atoms with E-state index in [-0.39, 0.29) is 0 Å². The van der Waals surface area contributed by atoms with E-state index in [0.29, 0.717) is 10.8 Å². The Hall–Kier alpha value is -1.82. The lowest BCUT2D eigenvalue weighted by atomic mass is 10.1. The molecule has 1 fully saturated rings. The van der Waals surface area contributed by atoms with Crippen LogP contribution in [0.25, 0.3) is 10.4 Å². The maximum atomic E-state index is 13.4. The molecule has 0 radical (unpaired) electrons. The van der Waals surface area contributed by atoms with E-state index < -0.39 is 46.9 Å². The topological polar surface area (TPSA) is 156 Å². The fourth-order valence-electron chi connectivity index (χ4n) is 1.96. The maximum absolute atomic E-state index is 13.4. The van der Waals surface area contributed by atoms with Crippen LogP contribution < -0.4 is 5.69 Å². The van der Waals surface area contributed by atoms with Crippen LogP contribution in [-0.4, -0.2) is 49.4 Å². The molecule has 10 nitrogen and oxygen atoms in total. The largest absolute Gasteiger partial charge is 0.393 e. The van der Waals surface area contributed by atoms with Crippen molar-refractivity contribution >= 4 is 12.2 Å². The zero-order valence-electron chi connectivity index (χ0n) is 10.2. The highest BCUT2D eigenvalue weighted by Gasteiger charge is 2.54. The first-order valence-corrected chi connectivity index (χ1v) is 5.99. The van der Waals surface area contributed by atoms with Crippen molar-refractivity contribution < 1.29 is 24.4 Å². The van der Waals surface area contributed by atoms with Crippen LogP contribution in [0.15, 0.2) is 16.1 Å². The summed E-state index contributed by atoms with van der Waals surface area (Å²) >= 11 is 4.53. The van der Waals surface area contributed by atoms with Crippen molar-refractivity contribution in [3.05, 3.63) is 37.6 Å². The normalized spacial score (nSPS) is 31.9. The predicted octanol–water partition coefficient (Wildman–Crippen LogP) is -0.706. The standard InChI is InChI=1S/C9H10FN5O5S/c10-3-1-15(8(19)12-6(3)21)7-4(17)5(18)9(2-16,20-7)13-14-11/h1,4-5,7,16-18H,2H2,(H,12,19,21)/t4-,5?,7+,9+/m0/s1. The van der Waals surface area contributed by atoms with Crippen LogP contribution in [0.5, 0.6) is 0 Å². The fourth-order valence-corrected chi connectivity index (χ4v) is 2.10. The van der Waals surface area contributed by atoms with Gasteiger partial charge in [-0.05, 0) is 5.53 Å². The van der Waals surface area contributed by atoms with Crippen molar-refractivity contribution in [1.29, 1.82) is 0 Å². The van der Waals surface area contributed by atoms with E-state index in [1.807, 2.05) is 4.98 Å².